The molecule has 1 atom stereocenters. The maximum atomic E-state index is 12.2. The first-order chi connectivity index (χ1) is 9.71. The van der Waals surface area contributed by atoms with E-state index in [2.05, 4.69) is 0 Å². The van der Waals surface area contributed by atoms with E-state index in [1.165, 1.54) is 0 Å². The lowest BCUT2D eigenvalue weighted by molar-refractivity contribution is -0.131. The minimum atomic E-state index is 0.0508. The van der Waals surface area contributed by atoms with E-state index in [1.54, 1.807) is 26.0 Å². The van der Waals surface area contributed by atoms with Crippen LogP contribution in [0.15, 0.2) is 18.2 Å². The fraction of sp³-hybridized carbons (Fsp3) is 0.533. The van der Waals surface area contributed by atoms with Gasteiger partial charge in [0.15, 0.2) is 0 Å². The van der Waals surface area contributed by atoms with Gasteiger partial charge in [-0.05, 0) is 18.6 Å². The zero-order chi connectivity index (χ0) is 14.5. The molecule has 1 saturated heterocycles. The highest BCUT2D eigenvalue weighted by Crippen LogP contribution is 2.43. The summed E-state index contributed by atoms with van der Waals surface area (Å²) < 4.78 is 10.7. The topological polar surface area (TPSA) is 38.8 Å². The molecule has 20 heavy (non-hydrogen) atoms. The van der Waals surface area contributed by atoms with E-state index >= 15 is 0 Å². The van der Waals surface area contributed by atoms with Crippen molar-refractivity contribution in [1.82, 2.24) is 4.90 Å². The number of nitrogens with zero attached hydrogens (tertiary/aromatic N) is 1. The Morgan fingerprint density at radius 3 is 2.85 bits per heavy atom. The zero-order valence-electron chi connectivity index (χ0n) is 12.2. The van der Waals surface area contributed by atoms with Crippen LogP contribution in [0.3, 0.4) is 0 Å². The first-order valence-electron chi connectivity index (χ1n) is 6.84. The largest absolute Gasteiger partial charge is 0.497 e. The molecule has 1 aromatic carbocycles. The third-order valence-corrected chi connectivity index (χ3v) is 4.62. The molecule has 0 saturated carbocycles. The summed E-state index contributed by atoms with van der Waals surface area (Å²) in [5.74, 6) is 2.73. The number of thioether (sulfide) groups is 1. The van der Waals surface area contributed by atoms with Crippen LogP contribution in [0.4, 0.5) is 0 Å². The van der Waals surface area contributed by atoms with Gasteiger partial charge in [-0.3, -0.25) is 4.79 Å². The summed E-state index contributed by atoms with van der Waals surface area (Å²) in [7, 11) is 3.28. The van der Waals surface area contributed by atoms with Crippen molar-refractivity contribution in [1.29, 1.82) is 0 Å². The van der Waals surface area contributed by atoms with E-state index in [1.807, 2.05) is 30.0 Å². The Morgan fingerprint density at radius 1 is 1.40 bits per heavy atom. The Balaban J connectivity index is 2.27. The SMILES string of the molecule is CCCC(=O)N1CCS[C@@H]1c1ccc(OC)cc1OC. The molecule has 1 amide bonds. The molecule has 0 N–H and O–H groups in total. The smallest absolute Gasteiger partial charge is 0.223 e. The predicted molar refractivity (Wildman–Crippen MR) is 81.4 cm³/mol. The second-order valence-electron chi connectivity index (χ2n) is 4.67. The molecule has 0 spiro atoms. The molecule has 5 heteroatoms. The molecule has 1 fully saturated rings. The highest BCUT2D eigenvalue weighted by atomic mass is 32.2. The van der Waals surface area contributed by atoms with Gasteiger partial charge in [0.1, 0.15) is 16.9 Å². The number of methoxy groups -OCH3 is 2. The van der Waals surface area contributed by atoms with E-state index in [4.69, 9.17) is 9.47 Å². The average molecular weight is 295 g/mol. The van der Waals surface area contributed by atoms with E-state index in [9.17, 15) is 4.79 Å². The number of benzene rings is 1. The minimum absolute atomic E-state index is 0.0508. The molecule has 0 unspecified atom stereocenters. The van der Waals surface area contributed by atoms with Crippen LogP contribution in [0.1, 0.15) is 30.7 Å². The maximum absolute atomic E-state index is 12.2. The van der Waals surface area contributed by atoms with Gasteiger partial charge < -0.3 is 14.4 Å². The van der Waals surface area contributed by atoms with Gasteiger partial charge in [-0.2, -0.15) is 0 Å². The van der Waals surface area contributed by atoms with Gasteiger partial charge in [-0.1, -0.05) is 6.92 Å². The number of rotatable bonds is 5. The van der Waals surface area contributed by atoms with Crippen molar-refractivity contribution in [3.05, 3.63) is 23.8 Å². The van der Waals surface area contributed by atoms with Crippen molar-refractivity contribution in [3.63, 3.8) is 0 Å². The summed E-state index contributed by atoms with van der Waals surface area (Å²) >= 11 is 1.79. The lowest BCUT2D eigenvalue weighted by atomic mass is 10.1. The Bertz CT molecular complexity index is 478. The number of hydrogen-bond acceptors (Lipinski definition) is 4. The lowest BCUT2D eigenvalue weighted by Gasteiger charge is -2.25. The summed E-state index contributed by atoms with van der Waals surface area (Å²) in [6, 6.07) is 5.78. The number of hydrogen-bond donors (Lipinski definition) is 0. The normalized spacial score (nSPS) is 18.1. The molecule has 110 valence electrons. The van der Waals surface area contributed by atoms with Crippen molar-refractivity contribution in [3.8, 4) is 11.5 Å². The van der Waals surface area contributed by atoms with E-state index in [0.29, 0.717) is 6.42 Å². The summed E-state index contributed by atoms with van der Waals surface area (Å²) in [5.41, 5.74) is 1.04. The Kier molecular flexibility index (Phi) is 5.17. The van der Waals surface area contributed by atoms with Gasteiger partial charge in [0.05, 0.1) is 14.2 Å². The maximum Gasteiger partial charge on any atom is 0.223 e. The Hall–Kier alpha value is -1.36. The van der Waals surface area contributed by atoms with Gasteiger partial charge in [-0.25, -0.2) is 0 Å². The molecular formula is C15H21NO3S. The second kappa shape index (κ2) is 6.88. The first kappa shape index (κ1) is 15.0. The fourth-order valence-electron chi connectivity index (χ4n) is 2.36. The van der Waals surface area contributed by atoms with Crippen LogP contribution in [0.5, 0.6) is 11.5 Å². The van der Waals surface area contributed by atoms with Crippen LogP contribution in [-0.2, 0) is 4.79 Å². The summed E-state index contributed by atoms with van der Waals surface area (Å²) in [6.45, 7) is 2.84. The quantitative estimate of drug-likeness (QED) is 0.837. The van der Waals surface area contributed by atoms with Gasteiger partial charge in [0.2, 0.25) is 5.91 Å². The number of amides is 1. The van der Waals surface area contributed by atoms with E-state index in [-0.39, 0.29) is 11.3 Å². The lowest BCUT2D eigenvalue weighted by Crippen LogP contribution is -2.30. The number of ether oxygens (including phenoxy) is 2. The van der Waals surface area contributed by atoms with Crippen molar-refractivity contribution < 1.29 is 14.3 Å². The van der Waals surface area contributed by atoms with Gasteiger partial charge in [0, 0.05) is 30.3 Å². The third-order valence-electron chi connectivity index (χ3n) is 3.38. The van der Waals surface area contributed by atoms with Crippen molar-refractivity contribution >= 4 is 17.7 Å². The standard InChI is InChI=1S/C15H21NO3S/c1-4-5-14(17)16-8-9-20-15(16)12-7-6-11(18-2)10-13(12)19-3/h6-7,10,15H,4-5,8-9H2,1-3H3/t15-/m1/s1. The molecule has 0 aliphatic carbocycles. The van der Waals surface area contributed by atoms with Crippen LogP contribution < -0.4 is 9.47 Å². The molecule has 1 aliphatic rings. The molecule has 1 aliphatic heterocycles. The van der Waals surface area contributed by atoms with Crippen LogP contribution >= 0.6 is 11.8 Å². The van der Waals surface area contributed by atoms with Crippen LogP contribution in [-0.4, -0.2) is 37.3 Å². The van der Waals surface area contributed by atoms with Gasteiger partial charge >= 0.3 is 0 Å². The van der Waals surface area contributed by atoms with Crippen molar-refractivity contribution in [2.75, 3.05) is 26.5 Å². The molecule has 1 aromatic rings. The number of carbonyl (C=O) groups is 1. The van der Waals surface area contributed by atoms with E-state index in [0.717, 1.165) is 35.8 Å². The van der Waals surface area contributed by atoms with Crippen LogP contribution in [0.2, 0.25) is 0 Å². The third kappa shape index (κ3) is 3.03. The van der Waals surface area contributed by atoms with Crippen LogP contribution in [0.25, 0.3) is 0 Å². The molecule has 1 heterocycles. The highest BCUT2D eigenvalue weighted by molar-refractivity contribution is 7.99. The first-order valence-corrected chi connectivity index (χ1v) is 7.89. The monoisotopic (exact) mass is 295 g/mol. The van der Waals surface area contributed by atoms with Crippen LogP contribution in [0, 0.1) is 0 Å². The predicted octanol–water partition coefficient (Wildman–Crippen LogP) is 3.08. The summed E-state index contributed by atoms with van der Waals surface area (Å²) in [5, 5.41) is 0.0508. The second-order valence-corrected chi connectivity index (χ2v) is 5.86. The highest BCUT2D eigenvalue weighted by Gasteiger charge is 2.32. The van der Waals surface area contributed by atoms with Gasteiger partial charge in [-0.15, -0.1) is 11.8 Å². The molecule has 4 nitrogen and oxygen atoms in total. The Morgan fingerprint density at radius 2 is 2.20 bits per heavy atom. The number of carbonyl (C=O) groups excluding carboxylic acids is 1. The zero-order valence-corrected chi connectivity index (χ0v) is 13.0. The molecular weight excluding hydrogens is 274 g/mol. The van der Waals surface area contributed by atoms with Crippen molar-refractivity contribution in [2.45, 2.75) is 25.1 Å². The van der Waals surface area contributed by atoms with E-state index < -0.39 is 0 Å². The van der Waals surface area contributed by atoms with Gasteiger partial charge in [0.25, 0.3) is 0 Å². The minimum Gasteiger partial charge on any atom is -0.497 e. The summed E-state index contributed by atoms with van der Waals surface area (Å²) in [4.78, 5) is 14.2. The fourth-order valence-corrected chi connectivity index (χ4v) is 3.67. The molecule has 2 rings (SSSR count). The molecule has 0 aromatic heterocycles. The molecule has 0 bridgehead atoms. The van der Waals surface area contributed by atoms with Crippen molar-refractivity contribution in [2.24, 2.45) is 0 Å². The average Bonchev–Trinajstić information content (AvgIpc) is 2.96. The molecule has 0 radical (unpaired) electrons. The Labute approximate surface area is 124 Å². The summed E-state index contributed by atoms with van der Waals surface area (Å²) in [6.07, 6.45) is 1.49.